The number of nitrogens with one attached hydrogen (secondary N) is 1. The number of benzene rings is 2. The van der Waals surface area contributed by atoms with Crippen molar-refractivity contribution in [2.45, 2.75) is 19.9 Å². The molecule has 0 saturated heterocycles. The van der Waals surface area contributed by atoms with E-state index in [1.807, 2.05) is 25.2 Å². The summed E-state index contributed by atoms with van der Waals surface area (Å²) in [7, 11) is 3.70. The van der Waals surface area contributed by atoms with E-state index in [1.165, 1.54) is 22.3 Å². The van der Waals surface area contributed by atoms with E-state index >= 15 is 0 Å². The van der Waals surface area contributed by atoms with Gasteiger partial charge in [0, 0.05) is 5.56 Å². The third-order valence-electron chi connectivity index (χ3n) is 3.47. The minimum absolute atomic E-state index is 0.150. The molecule has 0 saturated carbocycles. The molecule has 2 nitrogen and oxygen atoms in total. The molecule has 2 rings (SSSR count). The van der Waals surface area contributed by atoms with Gasteiger partial charge in [0.05, 0.1) is 13.2 Å². The van der Waals surface area contributed by atoms with E-state index < -0.39 is 0 Å². The molecule has 0 radical (unpaired) electrons. The summed E-state index contributed by atoms with van der Waals surface area (Å²) < 4.78 is 5.47. The highest BCUT2D eigenvalue weighted by molar-refractivity contribution is 5.44. The van der Waals surface area contributed by atoms with Gasteiger partial charge in [0.1, 0.15) is 5.75 Å². The second-order valence-electron chi connectivity index (χ2n) is 4.82. The van der Waals surface area contributed by atoms with E-state index in [4.69, 9.17) is 4.74 Å². The molecular weight excluding hydrogens is 234 g/mol. The molecular formula is C17H21NO. The van der Waals surface area contributed by atoms with Crippen LogP contribution >= 0.6 is 0 Å². The summed E-state index contributed by atoms with van der Waals surface area (Å²) in [5.74, 6) is 0.918. The Morgan fingerprint density at radius 1 is 1.00 bits per heavy atom. The first kappa shape index (κ1) is 13.6. The molecule has 0 aliphatic carbocycles. The van der Waals surface area contributed by atoms with Crippen molar-refractivity contribution in [3.8, 4) is 5.75 Å². The normalized spacial score (nSPS) is 12.2. The van der Waals surface area contributed by atoms with Crippen molar-refractivity contribution in [3.63, 3.8) is 0 Å². The molecule has 0 fully saturated rings. The van der Waals surface area contributed by atoms with Crippen LogP contribution in [0.4, 0.5) is 0 Å². The number of methoxy groups -OCH3 is 1. The lowest BCUT2D eigenvalue weighted by Crippen LogP contribution is -2.19. The van der Waals surface area contributed by atoms with Crippen molar-refractivity contribution in [2.75, 3.05) is 14.2 Å². The molecule has 0 aliphatic rings. The predicted octanol–water partition coefficient (Wildman–Crippen LogP) is 3.62. The van der Waals surface area contributed by atoms with Gasteiger partial charge in [-0.3, -0.25) is 0 Å². The Balaban J connectivity index is 2.50. The smallest absolute Gasteiger partial charge is 0.123 e. The first-order chi connectivity index (χ1) is 9.17. The van der Waals surface area contributed by atoms with Crippen LogP contribution in [-0.4, -0.2) is 14.2 Å². The van der Waals surface area contributed by atoms with Gasteiger partial charge in [0.25, 0.3) is 0 Å². The molecule has 2 aromatic rings. The Morgan fingerprint density at radius 3 is 2.37 bits per heavy atom. The number of aryl methyl sites for hydroxylation is 2. The van der Waals surface area contributed by atoms with Crippen LogP contribution in [0.15, 0.2) is 42.5 Å². The molecule has 0 aromatic heterocycles. The zero-order chi connectivity index (χ0) is 13.8. The number of ether oxygens (including phenoxy) is 1. The van der Waals surface area contributed by atoms with Crippen LogP contribution in [0.2, 0.25) is 0 Å². The highest BCUT2D eigenvalue weighted by atomic mass is 16.5. The van der Waals surface area contributed by atoms with Gasteiger partial charge in [-0.05, 0) is 38.1 Å². The summed E-state index contributed by atoms with van der Waals surface area (Å²) >= 11 is 0. The highest BCUT2D eigenvalue weighted by Crippen LogP contribution is 2.31. The van der Waals surface area contributed by atoms with E-state index in [1.54, 1.807) is 7.11 Å². The topological polar surface area (TPSA) is 21.3 Å². The maximum absolute atomic E-state index is 5.47. The molecule has 2 aromatic carbocycles. The molecule has 1 unspecified atom stereocenters. The van der Waals surface area contributed by atoms with E-state index in [0.29, 0.717) is 0 Å². The van der Waals surface area contributed by atoms with Gasteiger partial charge in [0.15, 0.2) is 0 Å². The standard InChI is InChI=1S/C17H21NO/c1-12-9-10-14(13(2)11-12)17(18-3)15-7-5-6-8-16(15)19-4/h5-11,17-18H,1-4H3. The SMILES string of the molecule is CNC(c1ccc(C)cc1C)c1ccccc1OC. The van der Waals surface area contributed by atoms with Gasteiger partial charge in [-0.1, -0.05) is 42.0 Å². The molecule has 0 heterocycles. The van der Waals surface area contributed by atoms with Gasteiger partial charge < -0.3 is 10.1 Å². The second-order valence-corrected chi connectivity index (χ2v) is 4.82. The monoisotopic (exact) mass is 255 g/mol. The van der Waals surface area contributed by atoms with Crippen molar-refractivity contribution < 1.29 is 4.74 Å². The lowest BCUT2D eigenvalue weighted by molar-refractivity contribution is 0.405. The zero-order valence-electron chi connectivity index (χ0n) is 12.0. The lowest BCUT2D eigenvalue weighted by atomic mass is 9.93. The largest absolute Gasteiger partial charge is 0.496 e. The van der Waals surface area contributed by atoms with Crippen LogP contribution in [0, 0.1) is 13.8 Å². The van der Waals surface area contributed by atoms with E-state index in [0.717, 1.165) is 5.75 Å². The van der Waals surface area contributed by atoms with Crippen LogP contribution in [0.5, 0.6) is 5.75 Å². The van der Waals surface area contributed by atoms with Crippen LogP contribution in [0.1, 0.15) is 28.3 Å². The highest BCUT2D eigenvalue weighted by Gasteiger charge is 2.17. The molecule has 100 valence electrons. The molecule has 1 N–H and O–H groups in total. The molecule has 0 aliphatic heterocycles. The van der Waals surface area contributed by atoms with Crippen molar-refractivity contribution in [1.82, 2.24) is 5.32 Å². The number of rotatable bonds is 4. The lowest BCUT2D eigenvalue weighted by Gasteiger charge is -2.21. The fourth-order valence-electron chi connectivity index (χ4n) is 2.53. The average molecular weight is 255 g/mol. The Labute approximate surface area is 115 Å². The van der Waals surface area contributed by atoms with Gasteiger partial charge in [-0.25, -0.2) is 0 Å². The third-order valence-corrected chi connectivity index (χ3v) is 3.47. The number of hydrogen-bond acceptors (Lipinski definition) is 2. The summed E-state index contributed by atoms with van der Waals surface area (Å²) in [5.41, 5.74) is 5.04. The van der Waals surface area contributed by atoms with Gasteiger partial charge >= 0.3 is 0 Å². The maximum atomic E-state index is 5.47. The second kappa shape index (κ2) is 5.89. The summed E-state index contributed by atoms with van der Waals surface area (Å²) in [6.07, 6.45) is 0. The fraction of sp³-hybridized carbons (Fsp3) is 0.294. The number of hydrogen-bond donors (Lipinski definition) is 1. The van der Waals surface area contributed by atoms with Crippen molar-refractivity contribution in [1.29, 1.82) is 0 Å². The maximum Gasteiger partial charge on any atom is 0.123 e. The molecule has 0 spiro atoms. The van der Waals surface area contributed by atoms with Gasteiger partial charge in [-0.2, -0.15) is 0 Å². The Morgan fingerprint density at radius 2 is 1.74 bits per heavy atom. The first-order valence-electron chi connectivity index (χ1n) is 6.54. The quantitative estimate of drug-likeness (QED) is 0.901. The predicted molar refractivity (Wildman–Crippen MR) is 79.8 cm³/mol. The minimum Gasteiger partial charge on any atom is -0.496 e. The Hall–Kier alpha value is -1.80. The summed E-state index contributed by atoms with van der Waals surface area (Å²) in [6.45, 7) is 4.27. The summed E-state index contributed by atoms with van der Waals surface area (Å²) in [4.78, 5) is 0. The average Bonchev–Trinajstić information content (AvgIpc) is 2.42. The van der Waals surface area contributed by atoms with Gasteiger partial charge in [-0.15, -0.1) is 0 Å². The Kier molecular flexibility index (Phi) is 4.23. The van der Waals surface area contributed by atoms with Crippen LogP contribution in [0.25, 0.3) is 0 Å². The van der Waals surface area contributed by atoms with Crippen molar-refractivity contribution in [3.05, 3.63) is 64.7 Å². The molecule has 0 bridgehead atoms. The van der Waals surface area contributed by atoms with Crippen molar-refractivity contribution >= 4 is 0 Å². The summed E-state index contributed by atoms with van der Waals surface area (Å²) in [6, 6.07) is 14.9. The first-order valence-corrected chi connectivity index (χ1v) is 6.54. The van der Waals surface area contributed by atoms with E-state index in [-0.39, 0.29) is 6.04 Å². The molecule has 2 heteroatoms. The molecule has 19 heavy (non-hydrogen) atoms. The van der Waals surface area contributed by atoms with Crippen LogP contribution in [-0.2, 0) is 0 Å². The van der Waals surface area contributed by atoms with E-state index in [2.05, 4.69) is 43.4 Å². The van der Waals surface area contributed by atoms with E-state index in [9.17, 15) is 0 Å². The molecule has 0 amide bonds. The zero-order valence-corrected chi connectivity index (χ0v) is 12.0. The molecule has 1 atom stereocenters. The fourth-order valence-corrected chi connectivity index (χ4v) is 2.53. The Bertz CT molecular complexity index is 563. The van der Waals surface area contributed by atoms with Crippen molar-refractivity contribution in [2.24, 2.45) is 0 Å². The summed E-state index contributed by atoms with van der Waals surface area (Å²) in [5, 5.41) is 3.39. The number of para-hydroxylation sites is 1. The van der Waals surface area contributed by atoms with Gasteiger partial charge in [0.2, 0.25) is 0 Å². The minimum atomic E-state index is 0.150. The third kappa shape index (κ3) is 2.79. The van der Waals surface area contributed by atoms with Crippen LogP contribution in [0.3, 0.4) is 0 Å². The van der Waals surface area contributed by atoms with Crippen LogP contribution < -0.4 is 10.1 Å².